The summed E-state index contributed by atoms with van der Waals surface area (Å²) in [6.45, 7) is 7.67. The third-order valence-electron chi connectivity index (χ3n) is 4.33. The number of fused-ring (bicyclic) bond motifs is 1. The zero-order valence-corrected chi connectivity index (χ0v) is 16.0. The number of hydrogen-bond acceptors (Lipinski definition) is 5. The average molecular weight is 399 g/mol. The van der Waals surface area contributed by atoms with Gasteiger partial charge in [0, 0.05) is 4.47 Å². The van der Waals surface area contributed by atoms with E-state index in [1.54, 1.807) is 0 Å². The van der Waals surface area contributed by atoms with Gasteiger partial charge in [-0.2, -0.15) is 0 Å². The number of carbonyl (C=O) groups is 1. The molecule has 0 spiro atoms. The fourth-order valence-corrected chi connectivity index (χ4v) is 3.70. The zero-order valence-electron chi connectivity index (χ0n) is 14.4. The lowest BCUT2D eigenvalue weighted by molar-refractivity contribution is -0.218. The smallest absolute Gasteiger partial charge is 0.190 e. The van der Waals surface area contributed by atoms with E-state index in [1.807, 2.05) is 26.0 Å². The SMILES string of the molecule is CCc1cc(CO[C@@H]2[C@H]3OC(C)(C)O[C@H]3O[C@@H]2C(C)=O)ccc1Br. The Morgan fingerprint density at radius 3 is 2.75 bits per heavy atom. The Bertz CT molecular complexity index is 630. The summed E-state index contributed by atoms with van der Waals surface area (Å²) >= 11 is 3.54. The van der Waals surface area contributed by atoms with Crippen LogP contribution in [0.2, 0.25) is 0 Å². The number of rotatable bonds is 5. The first-order valence-corrected chi connectivity index (χ1v) is 9.00. The van der Waals surface area contributed by atoms with Crippen molar-refractivity contribution >= 4 is 21.7 Å². The van der Waals surface area contributed by atoms with Gasteiger partial charge in [-0.15, -0.1) is 0 Å². The largest absolute Gasteiger partial charge is 0.367 e. The first kappa shape index (κ1) is 18.0. The van der Waals surface area contributed by atoms with Gasteiger partial charge in [0.15, 0.2) is 17.9 Å². The standard InChI is InChI=1S/C18H23BrO5/c1-5-12-8-11(6-7-13(12)19)9-21-15-14(10(2)20)22-17-16(15)23-18(3,4)24-17/h6-8,14-17H,5,9H2,1-4H3/t14-,15+,16-,17-/m1/s1. The first-order chi connectivity index (χ1) is 11.3. The van der Waals surface area contributed by atoms with Gasteiger partial charge < -0.3 is 18.9 Å². The van der Waals surface area contributed by atoms with Crippen molar-refractivity contribution in [2.24, 2.45) is 0 Å². The molecule has 0 radical (unpaired) electrons. The molecule has 0 saturated carbocycles. The van der Waals surface area contributed by atoms with Gasteiger partial charge in [0.25, 0.3) is 0 Å². The highest BCUT2D eigenvalue weighted by molar-refractivity contribution is 9.10. The third-order valence-corrected chi connectivity index (χ3v) is 5.10. The molecular weight excluding hydrogens is 376 g/mol. The molecule has 6 heteroatoms. The highest BCUT2D eigenvalue weighted by Crippen LogP contribution is 2.39. The number of ether oxygens (including phenoxy) is 4. The van der Waals surface area contributed by atoms with Crippen LogP contribution in [-0.2, 0) is 36.8 Å². The Morgan fingerprint density at radius 2 is 2.08 bits per heavy atom. The van der Waals surface area contributed by atoms with Crippen LogP contribution in [-0.4, -0.2) is 36.2 Å². The minimum Gasteiger partial charge on any atom is -0.367 e. The maximum Gasteiger partial charge on any atom is 0.190 e. The molecule has 0 aromatic heterocycles. The molecule has 2 fully saturated rings. The van der Waals surface area contributed by atoms with Crippen molar-refractivity contribution in [1.82, 2.24) is 0 Å². The second kappa shape index (κ2) is 6.84. The van der Waals surface area contributed by atoms with Gasteiger partial charge in [-0.1, -0.05) is 35.0 Å². The second-order valence-electron chi connectivity index (χ2n) is 6.69. The van der Waals surface area contributed by atoms with Crippen LogP contribution in [0, 0.1) is 0 Å². The van der Waals surface area contributed by atoms with Crippen molar-refractivity contribution in [3.63, 3.8) is 0 Å². The van der Waals surface area contributed by atoms with Crippen molar-refractivity contribution in [2.45, 2.75) is 71.1 Å². The van der Waals surface area contributed by atoms with Gasteiger partial charge in [0.05, 0.1) is 6.61 Å². The van der Waals surface area contributed by atoms with Crippen molar-refractivity contribution in [3.8, 4) is 0 Å². The quantitative estimate of drug-likeness (QED) is 0.760. The van der Waals surface area contributed by atoms with Crippen molar-refractivity contribution in [2.75, 3.05) is 0 Å². The van der Waals surface area contributed by atoms with Gasteiger partial charge in [0.2, 0.25) is 0 Å². The van der Waals surface area contributed by atoms with E-state index in [9.17, 15) is 4.79 Å². The summed E-state index contributed by atoms with van der Waals surface area (Å²) in [6, 6.07) is 6.14. The Labute approximate surface area is 150 Å². The Balaban J connectivity index is 1.73. The number of carbonyl (C=O) groups excluding carboxylic acids is 1. The van der Waals surface area contributed by atoms with Gasteiger partial charge in [-0.05, 0) is 44.4 Å². The summed E-state index contributed by atoms with van der Waals surface area (Å²) in [5.41, 5.74) is 2.28. The van der Waals surface area contributed by atoms with E-state index < -0.39 is 30.4 Å². The summed E-state index contributed by atoms with van der Waals surface area (Å²) in [5, 5.41) is 0. The lowest BCUT2D eigenvalue weighted by Crippen LogP contribution is -2.39. The first-order valence-electron chi connectivity index (χ1n) is 8.21. The molecule has 2 heterocycles. The molecule has 4 atom stereocenters. The van der Waals surface area contributed by atoms with E-state index >= 15 is 0 Å². The van der Waals surface area contributed by atoms with Crippen LogP contribution >= 0.6 is 15.9 Å². The van der Waals surface area contributed by atoms with Crippen LogP contribution in [0.4, 0.5) is 0 Å². The number of benzene rings is 1. The maximum atomic E-state index is 11.9. The molecule has 0 amide bonds. The van der Waals surface area contributed by atoms with Crippen LogP contribution < -0.4 is 0 Å². The molecule has 1 aromatic carbocycles. The average Bonchev–Trinajstić information content (AvgIpc) is 2.98. The molecule has 3 rings (SSSR count). The van der Waals surface area contributed by atoms with Gasteiger partial charge >= 0.3 is 0 Å². The lowest BCUT2D eigenvalue weighted by atomic mass is 10.1. The fourth-order valence-electron chi connectivity index (χ4n) is 3.17. The van der Waals surface area contributed by atoms with Crippen LogP contribution in [0.15, 0.2) is 22.7 Å². The minimum absolute atomic E-state index is 0.0792. The zero-order chi connectivity index (χ0) is 17.5. The molecule has 132 valence electrons. The topological polar surface area (TPSA) is 54.0 Å². The monoisotopic (exact) mass is 398 g/mol. The van der Waals surface area contributed by atoms with Crippen molar-refractivity contribution < 1.29 is 23.7 Å². The van der Waals surface area contributed by atoms with E-state index in [2.05, 4.69) is 28.9 Å². The predicted octanol–water partition coefficient (Wildman–Crippen LogP) is 3.36. The number of halogens is 1. The molecule has 0 unspecified atom stereocenters. The fraction of sp³-hybridized carbons (Fsp3) is 0.611. The maximum absolute atomic E-state index is 11.9. The highest BCUT2D eigenvalue weighted by Gasteiger charge is 2.56. The summed E-state index contributed by atoms with van der Waals surface area (Å²) in [4.78, 5) is 11.9. The molecule has 24 heavy (non-hydrogen) atoms. The molecule has 2 aliphatic heterocycles. The van der Waals surface area contributed by atoms with E-state index in [0.29, 0.717) is 6.61 Å². The second-order valence-corrected chi connectivity index (χ2v) is 7.55. The number of aryl methyl sites for hydroxylation is 1. The van der Waals surface area contributed by atoms with E-state index in [1.165, 1.54) is 12.5 Å². The number of ketones is 1. The summed E-state index contributed by atoms with van der Waals surface area (Å²) in [7, 11) is 0. The summed E-state index contributed by atoms with van der Waals surface area (Å²) in [6.07, 6.45) is -1.14. The normalized spacial score (nSPS) is 31.2. The van der Waals surface area contributed by atoms with Crippen LogP contribution in [0.1, 0.15) is 38.8 Å². The molecule has 0 N–H and O–H groups in total. The molecule has 5 nitrogen and oxygen atoms in total. The van der Waals surface area contributed by atoms with Crippen LogP contribution in [0.5, 0.6) is 0 Å². The molecule has 2 saturated heterocycles. The van der Waals surface area contributed by atoms with Crippen LogP contribution in [0.3, 0.4) is 0 Å². The van der Waals surface area contributed by atoms with E-state index in [-0.39, 0.29) is 5.78 Å². The van der Waals surface area contributed by atoms with Gasteiger partial charge in [-0.3, -0.25) is 4.79 Å². The highest BCUT2D eigenvalue weighted by atomic mass is 79.9. The van der Waals surface area contributed by atoms with E-state index in [0.717, 1.165) is 16.5 Å². The number of hydrogen-bond donors (Lipinski definition) is 0. The third kappa shape index (κ3) is 3.58. The lowest BCUT2D eigenvalue weighted by Gasteiger charge is -2.24. The van der Waals surface area contributed by atoms with Gasteiger partial charge in [-0.25, -0.2) is 0 Å². The molecule has 2 aliphatic rings. The molecule has 1 aromatic rings. The Kier molecular flexibility index (Phi) is 5.14. The molecular formula is C18H23BrO5. The Morgan fingerprint density at radius 1 is 1.33 bits per heavy atom. The number of Topliss-reactive ketones (excluding diaryl/α,β-unsaturated/α-hetero) is 1. The van der Waals surface area contributed by atoms with E-state index in [4.69, 9.17) is 18.9 Å². The Hall–Kier alpha value is -0.790. The summed E-state index contributed by atoms with van der Waals surface area (Å²) < 4.78 is 24.4. The van der Waals surface area contributed by atoms with Gasteiger partial charge in [0.1, 0.15) is 18.3 Å². The van der Waals surface area contributed by atoms with Crippen molar-refractivity contribution in [3.05, 3.63) is 33.8 Å². The molecule has 0 aliphatic carbocycles. The molecule has 0 bridgehead atoms. The minimum atomic E-state index is -0.730. The predicted molar refractivity (Wildman–Crippen MR) is 91.5 cm³/mol. The summed E-state index contributed by atoms with van der Waals surface area (Å²) in [5.74, 6) is -0.810. The van der Waals surface area contributed by atoms with Crippen LogP contribution in [0.25, 0.3) is 0 Å². The van der Waals surface area contributed by atoms with Crippen molar-refractivity contribution in [1.29, 1.82) is 0 Å².